The molecular formula is C18H28BrN3O2. The summed E-state index contributed by atoms with van der Waals surface area (Å²) < 4.78 is 12.2. The van der Waals surface area contributed by atoms with E-state index in [0.29, 0.717) is 6.54 Å². The van der Waals surface area contributed by atoms with Gasteiger partial charge in [0, 0.05) is 30.8 Å². The van der Waals surface area contributed by atoms with Crippen molar-refractivity contribution in [2.75, 3.05) is 32.9 Å². The van der Waals surface area contributed by atoms with Gasteiger partial charge in [0.05, 0.1) is 19.3 Å². The summed E-state index contributed by atoms with van der Waals surface area (Å²) >= 11 is 3.49. The van der Waals surface area contributed by atoms with Gasteiger partial charge in [-0.25, -0.2) is 4.99 Å². The molecule has 1 aliphatic heterocycles. The summed E-state index contributed by atoms with van der Waals surface area (Å²) in [5, 5.41) is 6.65. The van der Waals surface area contributed by atoms with Gasteiger partial charge in [-0.1, -0.05) is 22.0 Å². The second kappa shape index (κ2) is 10.7. The molecule has 1 aromatic carbocycles. The number of nitrogens with zero attached hydrogens (tertiary/aromatic N) is 1. The number of guanidine groups is 1. The highest BCUT2D eigenvalue weighted by Gasteiger charge is 2.15. The Labute approximate surface area is 153 Å². The summed E-state index contributed by atoms with van der Waals surface area (Å²) in [4.78, 5) is 4.67. The molecule has 0 aromatic heterocycles. The maximum absolute atomic E-state index is 5.77. The van der Waals surface area contributed by atoms with Gasteiger partial charge >= 0.3 is 0 Å². The van der Waals surface area contributed by atoms with Gasteiger partial charge in [0.2, 0.25) is 0 Å². The first-order chi connectivity index (χ1) is 11.7. The second-order valence-corrected chi connectivity index (χ2v) is 6.82. The molecule has 1 fully saturated rings. The predicted octanol–water partition coefficient (Wildman–Crippen LogP) is 3.01. The normalized spacial score (nSPS) is 18.0. The lowest BCUT2D eigenvalue weighted by Gasteiger charge is -2.13. The maximum Gasteiger partial charge on any atom is 0.191 e. The lowest BCUT2D eigenvalue weighted by molar-refractivity contribution is 0.0420. The van der Waals surface area contributed by atoms with E-state index in [1.807, 2.05) is 0 Å². The van der Waals surface area contributed by atoms with Gasteiger partial charge in [-0.15, -0.1) is 0 Å². The number of hydrogen-bond acceptors (Lipinski definition) is 3. The van der Waals surface area contributed by atoms with E-state index in [-0.39, 0.29) is 6.10 Å². The monoisotopic (exact) mass is 397 g/mol. The molecule has 2 rings (SSSR count). The summed E-state index contributed by atoms with van der Waals surface area (Å²) in [6, 6.07) is 6.29. The fourth-order valence-corrected chi connectivity index (χ4v) is 2.99. The van der Waals surface area contributed by atoms with Crippen LogP contribution < -0.4 is 10.6 Å². The van der Waals surface area contributed by atoms with Crippen molar-refractivity contribution in [3.8, 4) is 0 Å². The SMILES string of the molecule is CCNC(=NCc1ccc(Br)cc1C)NCCCOC1CCOC1. The minimum Gasteiger partial charge on any atom is -0.379 e. The van der Waals surface area contributed by atoms with E-state index in [2.05, 4.69) is 63.6 Å². The molecule has 6 heteroatoms. The number of ether oxygens (including phenoxy) is 2. The molecule has 1 unspecified atom stereocenters. The maximum atomic E-state index is 5.77. The van der Waals surface area contributed by atoms with E-state index in [1.165, 1.54) is 11.1 Å². The first-order valence-electron chi connectivity index (χ1n) is 8.65. The molecule has 0 spiro atoms. The van der Waals surface area contributed by atoms with Crippen LogP contribution in [0, 0.1) is 6.92 Å². The van der Waals surface area contributed by atoms with Crippen LogP contribution in [-0.2, 0) is 16.0 Å². The molecule has 0 saturated carbocycles. The summed E-state index contributed by atoms with van der Waals surface area (Å²) in [5.74, 6) is 0.851. The quantitative estimate of drug-likeness (QED) is 0.402. The van der Waals surface area contributed by atoms with Crippen LogP contribution in [0.5, 0.6) is 0 Å². The lowest BCUT2D eigenvalue weighted by atomic mass is 10.1. The van der Waals surface area contributed by atoms with Crippen LogP contribution in [0.2, 0.25) is 0 Å². The fraction of sp³-hybridized carbons (Fsp3) is 0.611. The van der Waals surface area contributed by atoms with Crippen molar-refractivity contribution in [3.05, 3.63) is 33.8 Å². The van der Waals surface area contributed by atoms with E-state index in [1.54, 1.807) is 0 Å². The summed E-state index contributed by atoms with van der Waals surface area (Å²) in [7, 11) is 0. The zero-order valence-electron chi connectivity index (χ0n) is 14.6. The highest BCUT2D eigenvalue weighted by Crippen LogP contribution is 2.16. The number of nitrogens with one attached hydrogen (secondary N) is 2. The number of benzene rings is 1. The average molecular weight is 398 g/mol. The Morgan fingerprint density at radius 3 is 3.00 bits per heavy atom. The predicted molar refractivity (Wildman–Crippen MR) is 101 cm³/mol. The minimum atomic E-state index is 0.285. The van der Waals surface area contributed by atoms with Crippen LogP contribution in [-0.4, -0.2) is 45.0 Å². The van der Waals surface area contributed by atoms with E-state index in [4.69, 9.17) is 9.47 Å². The van der Waals surface area contributed by atoms with Crippen LogP contribution >= 0.6 is 15.9 Å². The highest BCUT2D eigenvalue weighted by molar-refractivity contribution is 9.10. The largest absolute Gasteiger partial charge is 0.379 e. The molecule has 24 heavy (non-hydrogen) atoms. The van der Waals surface area contributed by atoms with Gasteiger partial charge in [0.1, 0.15) is 0 Å². The van der Waals surface area contributed by atoms with Crippen LogP contribution in [0.15, 0.2) is 27.7 Å². The van der Waals surface area contributed by atoms with Gasteiger partial charge in [-0.3, -0.25) is 0 Å². The van der Waals surface area contributed by atoms with Crippen molar-refractivity contribution in [2.24, 2.45) is 4.99 Å². The Morgan fingerprint density at radius 1 is 1.42 bits per heavy atom. The van der Waals surface area contributed by atoms with Crippen LogP contribution in [0.25, 0.3) is 0 Å². The standard InChI is InChI=1S/C18H28BrN3O2/c1-3-20-18(21-8-4-9-24-17-7-10-23-13-17)22-12-15-5-6-16(19)11-14(15)2/h5-6,11,17H,3-4,7-10,12-13H2,1-2H3,(H2,20,21,22). The Hall–Kier alpha value is -1.11. The van der Waals surface area contributed by atoms with E-state index in [0.717, 1.165) is 56.2 Å². The number of aryl methyl sites for hydroxylation is 1. The molecule has 0 bridgehead atoms. The van der Waals surface area contributed by atoms with Gasteiger partial charge in [0.15, 0.2) is 5.96 Å². The molecule has 1 saturated heterocycles. The molecule has 0 aliphatic carbocycles. The molecule has 2 N–H and O–H groups in total. The third-order valence-electron chi connectivity index (χ3n) is 3.91. The number of rotatable bonds is 8. The molecule has 0 radical (unpaired) electrons. The number of hydrogen-bond donors (Lipinski definition) is 2. The van der Waals surface area contributed by atoms with Crippen molar-refractivity contribution in [2.45, 2.75) is 39.3 Å². The Bertz CT molecular complexity index is 531. The molecular weight excluding hydrogens is 370 g/mol. The molecule has 134 valence electrons. The summed E-state index contributed by atoms with van der Waals surface area (Å²) in [5.41, 5.74) is 2.48. The third-order valence-corrected chi connectivity index (χ3v) is 4.40. The second-order valence-electron chi connectivity index (χ2n) is 5.90. The van der Waals surface area contributed by atoms with Crippen molar-refractivity contribution < 1.29 is 9.47 Å². The van der Waals surface area contributed by atoms with E-state index < -0.39 is 0 Å². The number of aliphatic imine (C=N–C) groups is 1. The minimum absolute atomic E-state index is 0.285. The van der Waals surface area contributed by atoms with Gasteiger partial charge in [-0.2, -0.15) is 0 Å². The molecule has 0 amide bonds. The first-order valence-corrected chi connectivity index (χ1v) is 9.45. The Balaban J connectivity index is 1.73. The molecule has 1 aromatic rings. The third kappa shape index (κ3) is 6.79. The Morgan fingerprint density at radius 2 is 2.29 bits per heavy atom. The zero-order valence-corrected chi connectivity index (χ0v) is 16.2. The van der Waals surface area contributed by atoms with Crippen LogP contribution in [0.3, 0.4) is 0 Å². The summed E-state index contributed by atoms with van der Waals surface area (Å²) in [6.07, 6.45) is 2.26. The summed E-state index contributed by atoms with van der Waals surface area (Å²) in [6.45, 7) is 8.88. The van der Waals surface area contributed by atoms with Gasteiger partial charge in [-0.05, 0) is 49.9 Å². The first kappa shape index (κ1) is 19.2. The topological polar surface area (TPSA) is 54.9 Å². The van der Waals surface area contributed by atoms with Crippen molar-refractivity contribution in [3.63, 3.8) is 0 Å². The smallest absolute Gasteiger partial charge is 0.191 e. The molecule has 1 atom stereocenters. The Kier molecular flexibility index (Phi) is 8.56. The highest BCUT2D eigenvalue weighted by atomic mass is 79.9. The molecule has 1 aliphatic rings. The van der Waals surface area contributed by atoms with Crippen molar-refractivity contribution in [1.82, 2.24) is 10.6 Å². The van der Waals surface area contributed by atoms with Crippen molar-refractivity contribution >= 4 is 21.9 Å². The van der Waals surface area contributed by atoms with Crippen LogP contribution in [0.4, 0.5) is 0 Å². The van der Waals surface area contributed by atoms with Crippen molar-refractivity contribution in [1.29, 1.82) is 0 Å². The number of halogens is 1. The van der Waals surface area contributed by atoms with Gasteiger partial charge < -0.3 is 20.1 Å². The average Bonchev–Trinajstić information content (AvgIpc) is 3.07. The van der Waals surface area contributed by atoms with Crippen LogP contribution in [0.1, 0.15) is 30.9 Å². The molecule has 1 heterocycles. The van der Waals surface area contributed by atoms with Gasteiger partial charge in [0.25, 0.3) is 0 Å². The fourth-order valence-electron chi connectivity index (χ4n) is 2.52. The lowest BCUT2D eigenvalue weighted by Crippen LogP contribution is -2.38. The zero-order chi connectivity index (χ0) is 17.2. The van der Waals surface area contributed by atoms with E-state index >= 15 is 0 Å². The molecule has 5 nitrogen and oxygen atoms in total. The van der Waals surface area contributed by atoms with E-state index in [9.17, 15) is 0 Å².